The molecule has 0 bridgehead atoms. The molecule has 1 atom stereocenters. The van der Waals surface area contributed by atoms with E-state index in [-0.39, 0.29) is 11.7 Å². The smallest absolute Gasteiger partial charge is 0.123 e. The highest BCUT2D eigenvalue weighted by Crippen LogP contribution is 2.27. The first kappa shape index (κ1) is 16.3. The number of rotatable bonds is 6. The van der Waals surface area contributed by atoms with E-state index in [1.54, 1.807) is 19.2 Å². The predicted octanol–water partition coefficient (Wildman–Crippen LogP) is 5.24. The summed E-state index contributed by atoms with van der Waals surface area (Å²) in [6.45, 7) is 0. The molecular formula is C17H17BrClFO. The standard InChI is InChI=1S/C17H17BrClFO/c1-21-17-6-5-15(18)10-14(17)8-13(11-19)7-12-3-2-4-16(20)9-12/h2-6,9-10,13H,7-8,11H2,1H3. The highest BCUT2D eigenvalue weighted by atomic mass is 79.9. The minimum atomic E-state index is -0.208. The number of hydrogen-bond acceptors (Lipinski definition) is 1. The van der Waals surface area contributed by atoms with E-state index in [1.165, 1.54) is 6.07 Å². The van der Waals surface area contributed by atoms with Crippen molar-refractivity contribution in [2.75, 3.05) is 13.0 Å². The van der Waals surface area contributed by atoms with E-state index in [0.717, 1.165) is 34.2 Å². The van der Waals surface area contributed by atoms with Gasteiger partial charge in [-0.2, -0.15) is 0 Å². The molecule has 1 unspecified atom stereocenters. The van der Waals surface area contributed by atoms with Crippen molar-refractivity contribution >= 4 is 27.5 Å². The third-order valence-corrected chi connectivity index (χ3v) is 4.31. The van der Waals surface area contributed by atoms with Crippen LogP contribution >= 0.6 is 27.5 Å². The average Bonchev–Trinajstić information content (AvgIpc) is 2.47. The molecule has 0 aromatic heterocycles. The Morgan fingerprint density at radius 2 is 2.00 bits per heavy atom. The van der Waals surface area contributed by atoms with Crippen LogP contribution in [0.25, 0.3) is 0 Å². The summed E-state index contributed by atoms with van der Waals surface area (Å²) in [6, 6.07) is 12.6. The minimum Gasteiger partial charge on any atom is -0.496 e. The molecule has 0 aliphatic rings. The molecule has 4 heteroatoms. The van der Waals surface area contributed by atoms with E-state index in [0.29, 0.717) is 5.88 Å². The first-order valence-corrected chi connectivity index (χ1v) is 8.08. The number of hydrogen-bond donors (Lipinski definition) is 0. The number of methoxy groups -OCH3 is 1. The summed E-state index contributed by atoms with van der Waals surface area (Å²) in [4.78, 5) is 0. The molecule has 112 valence electrons. The summed E-state index contributed by atoms with van der Waals surface area (Å²) in [7, 11) is 1.66. The van der Waals surface area contributed by atoms with E-state index in [4.69, 9.17) is 16.3 Å². The van der Waals surface area contributed by atoms with Gasteiger partial charge in [-0.3, -0.25) is 0 Å². The molecule has 0 saturated carbocycles. The molecule has 0 saturated heterocycles. The summed E-state index contributed by atoms with van der Waals surface area (Å²) in [5.41, 5.74) is 2.07. The lowest BCUT2D eigenvalue weighted by Crippen LogP contribution is -2.11. The summed E-state index contributed by atoms with van der Waals surface area (Å²) in [6.07, 6.45) is 1.54. The van der Waals surface area contributed by atoms with Crippen LogP contribution in [0.15, 0.2) is 46.9 Å². The van der Waals surface area contributed by atoms with Gasteiger partial charge in [0.05, 0.1) is 7.11 Å². The number of ether oxygens (including phenoxy) is 1. The molecule has 2 aromatic carbocycles. The van der Waals surface area contributed by atoms with Gasteiger partial charge in [-0.15, -0.1) is 11.6 Å². The van der Waals surface area contributed by atoms with E-state index in [2.05, 4.69) is 15.9 Å². The Hall–Kier alpha value is -1.06. The maximum Gasteiger partial charge on any atom is 0.123 e. The van der Waals surface area contributed by atoms with E-state index in [1.807, 2.05) is 24.3 Å². The second-order valence-electron chi connectivity index (χ2n) is 5.01. The van der Waals surface area contributed by atoms with Crippen molar-refractivity contribution < 1.29 is 9.13 Å². The van der Waals surface area contributed by atoms with Crippen molar-refractivity contribution in [3.05, 3.63) is 63.9 Å². The SMILES string of the molecule is COc1ccc(Br)cc1CC(CCl)Cc1cccc(F)c1. The van der Waals surface area contributed by atoms with Gasteiger partial charge in [0, 0.05) is 10.4 Å². The highest BCUT2D eigenvalue weighted by Gasteiger charge is 2.13. The molecule has 2 aromatic rings. The molecule has 0 amide bonds. The molecule has 0 spiro atoms. The van der Waals surface area contributed by atoms with Crippen molar-refractivity contribution in [3.63, 3.8) is 0 Å². The van der Waals surface area contributed by atoms with Crippen molar-refractivity contribution in [3.8, 4) is 5.75 Å². The number of alkyl halides is 1. The van der Waals surface area contributed by atoms with Crippen LogP contribution < -0.4 is 4.74 Å². The van der Waals surface area contributed by atoms with Gasteiger partial charge in [0.25, 0.3) is 0 Å². The Kier molecular flexibility index (Phi) is 6.07. The third kappa shape index (κ3) is 4.72. The fraction of sp³-hybridized carbons (Fsp3) is 0.294. The van der Waals surface area contributed by atoms with E-state index in [9.17, 15) is 4.39 Å². The molecule has 0 heterocycles. The minimum absolute atomic E-state index is 0.208. The van der Waals surface area contributed by atoms with Gasteiger partial charge in [-0.25, -0.2) is 4.39 Å². The monoisotopic (exact) mass is 370 g/mol. The lowest BCUT2D eigenvalue weighted by molar-refractivity contribution is 0.405. The normalized spacial score (nSPS) is 12.2. The lowest BCUT2D eigenvalue weighted by Gasteiger charge is -2.16. The van der Waals surface area contributed by atoms with Gasteiger partial charge in [0.1, 0.15) is 11.6 Å². The summed E-state index contributed by atoms with van der Waals surface area (Å²) in [5.74, 6) is 1.40. The van der Waals surface area contributed by atoms with Gasteiger partial charge in [-0.05, 0) is 60.2 Å². The fourth-order valence-corrected chi connectivity index (χ4v) is 3.02. The van der Waals surface area contributed by atoms with E-state index < -0.39 is 0 Å². The highest BCUT2D eigenvalue weighted by molar-refractivity contribution is 9.10. The van der Waals surface area contributed by atoms with Crippen LogP contribution in [0.1, 0.15) is 11.1 Å². The van der Waals surface area contributed by atoms with Crippen molar-refractivity contribution in [1.29, 1.82) is 0 Å². The van der Waals surface area contributed by atoms with Crippen LogP contribution in [0.5, 0.6) is 5.75 Å². The summed E-state index contributed by atoms with van der Waals surface area (Å²) < 4.78 is 19.7. The first-order valence-electron chi connectivity index (χ1n) is 6.75. The van der Waals surface area contributed by atoms with Gasteiger partial charge >= 0.3 is 0 Å². The number of halogens is 3. The van der Waals surface area contributed by atoms with Crippen molar-refractivity contribution in [1.82, 2.24) is 0 Å². The third-order valence-electron chi connectivity index (χ3n) is 3.38. The molecule has 1 nitrogen and oxygen atoms in total. The van der Waals surface area contributed by atoms with Gasteiger partial charge < -0.3 is 4.74 Å². The predicted molar refractivity (Wildman–Crippen MR) is 88.7 cm³/mol. The average molecular weight is 372 g/mol. The lowest BCUT2D eigenvalue weighted by atomic mass is 9.93. The van der Waals surface area contributed by atoms with Gasteiger partial charge in [0.15, 0.2) is 0 Å². The maximum absolute atomic E-state index is 13.3. The molecule has 21 heavy (non-hydrogen) atoms. The Morgan fingerprint density at radius 3 is 2.67 bits per heavy atom. The van der Waals surface area contributed by atoms with Crippen molar-refractivity contribution in [2.24, 2.45) is 5.92 Å². The second kappa shape index (κ2) is 7.81. The maximum atomic E-state index is 13.3. The fourth-order valence-electron chi connectivity index (χ4n) is 2.40. The molecule has 0 aliphatic heterocycles. The van der Waals surface area contributed by atoms with Crippen LogP contribution in [-0.2, 0) is 12.8 Å². The topological polar surface area (TPSA) is 9.23 Å². The van der Waals surface area contributed by atoms with Crippen LogP contribution in [0.2, 0.25) is 0 Å². The molecular weight excluding hydrogens is 355 g/mol. The zero-order chi connectivity index (χ0) is 15.2. The number of benzene rings is 2. The quantitative estimate of drug-likeness (QED) is 0.631. The molecule has 0 radical (unpaired) electrons. The largest absolute Gasteiger partial charge is 0.496 e. The Balaban J connectivity index is 2.14. The molecule has 0 aliphatic carbocycles. The van der Waals surface area contributed by atoms with Gasteiger partial charge in [-0.1, -0.05) is 28.1 Å². The second-order valence-corrected chi connectivity index (χ2v) is 6.24. The molecule has 0 fully saturated rings. The summed E-state index contributed by atoms with van der Waals surface area (Å²) in [5, 5.41) is 0. The van der Waals surface area contributed by atoms with Crippen LogP contribution in [0, 0.1) is 11.7 Å². The molecule has 0 N–H and O–H groups in total. The van der Waals surface area contributed by atoms with Gasteiger partial charge in [0.2, 0.25) is 0 Å². The van der Waals surface area contributed by atoms with Crippen LogP contribution in [0.4, 0.5) is 4.39 Å². The van der Waals surface area contributed by atoms with E-state index >= 15 is 0 Å². The zero-order valence-corrected chi connectivity index (χ0v) is 14.1. The summed E-state index contributed by atoms with van der Waals surface area (Å²) >= 11 is 9.57. The Labute approximate surface area is 138 Å². The van der Waals surface area contributed by atoms with Crippen LogP contribution in [-0.4, -0.2) is 13.0 Å². The molecule has 2 rings (SSSR count). The van der Waals surface area contributed by atoms with Crippen LogP contribution in [0.3, 0.4) is 0 Å². The van der Waals surface area contributed by atoms with Crippen molar-refractivity contribution in [2.45, 2.75) is 12.8 Å². The Bertz CT molecular complexity index is 603. The Morgan fingerprint density at radius 1 is 1.19 bits per heavy atom. The zero-order valence-electron chi connectivity index (χ0n) is 11.8. The first-order chi connectivity index (χ1) is 10.1.